The molecule has 2 rings (SSSR count). The van der Waals surface area contributed by atoms with Gasteiger partial charge in [-0.1, -0.05) is 30.2 Å². The predicted octanol–water partition coefficient (Wildman–Crippen LogP) is 1.10. The van der Waals surface area contributed by atoms with Crippen molar-refractivity contribution in [3.63, 3.8) is 0 Å². The number of ether oxygens (including phenoxy) is 1. The lowest BCUT2D eigenvalue weighted by atomic mass is 10.2. The lowest BCUT2D eigenvalue weighted by molar-refractivity contribution is 0.364. The first-order valence-electron chi connectivity index (χ1n) is 5.89. The largest absolute Gasteiger partial charge is 0.481 e. The van der Waals surface area contributed by atoms with Crippen LogP contribution in [0.5, 0.6) is 5.75 Å². The average Bonchev–Trinajstić information content (AvgIpc) is 2.74. The normalized spacial score (nSPS) is 20.1. The van der Waals surface area contributed by atoms with E-state index in [1.165, 1.54) is 5.41 Å². The smallest absolute Gasteiger partial charge is 0.173 e. The fraction of sp³-hybridized carbons (Fsp3) is 0.286. The maximum absolute atomic E-state index is 11.3. The van der Waals surface area contributed by atoms with Gasteiger partial charge >= 0.3 is 0 Å². The summed E-state index contributed by atoms with van der Waals surface area (Å²) >= 11 is 0. The highest BCUT2D eigenvalue weighted by atomic mass is 32.2. The Balaban J connectivity index is 1.97. The zero-order valence-corrected chi connectivity index (χ0v) is 11.2. The van der Waals surface area contributed by atoms with E-state index in [0.717, 1.165) is 11.3 Å². The molecule has 19 heavy (non-hydrogen) atoms. The molecule has 1 N–H and O–H groups in total. The topological polar surface area (TPSA) is 55.4 Å². The van der Waals surface area contributed by atoms with E-state index >= 15 is 0 Å². The summed E-state index contributed by atoms with van der Waals surface area (Å²) in [6.45, 7) is 0.750. The van der Waals surface area contributed by atoms with E-state index < -0.39 is 9.84 Å². The molecule has 1 unspecified atom stereocenters. The van der Waals surface area contributed by atoms with Crippen molar-refractivity contribution in [3.8, 4) is 18.1 Å². The van der Waals surface area contributed by atoms with Crippen LogP contribution in [0.4, 0.5) is 0 Å². The summed E-state index contributed by atoms with van der Waals surface area (Å²) in [7, 11) is -3.02. The van der Waals surface area contributed by atoms with Crippen molar-refractivity contribution >= 4 is 9.84 Å². The van der Waals surface area contributed by atoms with Crippen molar-refractivity contribution in [2.45, 2.75) is 12.6 Å². The number of para-hydroxylation sites is 1. The average molecular weight is 277 g/mol. The maximum Gasteiger partial charge on any atom is 0.173 e. The molecule has 1 aromatic rings. The Hall–Kier alpha value is -1.77. The molecule has 100 valence electrons. The minimum atomic E-state index is -3.02. The van der Waals surface area contributed by atoms with Crippen LogP contribution >= 0.6 is 0 Å². The van der Waals surface area contributed by atoms with Gasteiger partial charge in [0.2, 0.25) is 0 Å². The monoisotopic (exact) mass is 277 g/mol. The molecule has 1 heterocycles. The number of nitrogens with one attached hydrogen (secondary N) is 1. The first-order chi connectivity index (χ1) is 9.11. The van der Waals surface area contributed by atoms with Crippen molar-refractivity contribution in [1.82, 2.24) is 5.32 Å². The van der Waals surface area contributed by atoms with Crippen LogP contribution in [-0.4, -0.2) is 26.8 Å². The molecule has 0 saturated heterocycles. The summed E-state index contributed by atoms with van der Waals surface area (Å²) in [6, 6.07) is 7.39. The fourth-order valence-electron chi connectivity index (χ4n) is 1.85. The molecule has 1 aliphatic rings. The van der Waals surface area contributed by atoms with Crippen molar-refractivity contribution in [3.05, 3.63) is 41.3 Å². The second-order valence-electron chi connectivity index (χ2n) is 4.25. The maximum atomic E-state index is 11.3. The molecular formula is C14H15NO3S. The second kappa shape index (κ2) is 5.91. The van der Waals surface area contributed by atoms with Gasteiger partial charge in [0.15, 0.2) is 9.84 Å². The van der Waals surface area contributed by atoms with Crippen LogP contribution in [0, 0.1) is 12.3 Å². The third-order valence-corrected chi connectivity index (χ3v) is 4.16. The minimum Gasteiger partial charge on any atom is -0.481 e. The molecule has 5 heteroatoms. The minimum absolute atomic E-state index is 0.111. The SMILES string of the molecule is C#CCOc1ccccc1CNC1C=CS(=O)(=O)C1. The van der Waals surface area contributed by atoms with Crippen LogP contribution in [0.3, 0.4) is 0 Å². The van der Waals surface area contributed by atoms with Gasteiger partial charge in [-0.2, -0.15) is 0 Å². The Morgan fingerprint density at radius 1 is 1.42 bits per heavy atom. The summed E-state index contributed by atoms with van der Waals surface area (Å²) in [4.78, 5) is 0. The van der Waals surface area contributed by atoms with E-state index in [1.807, 2.05) is 24.3 Å². The van der Waals surface area contributed by atoms with Gasteiger partial charge in [-0.05, 0) is 6.07 Å². The number of rotatable bonds is 5. The number of benzene rings is 1. The van der Waals surface area contributed by atoms with Crippen molar-refractivity contribution in [2.75, 3.05) is 12.4 Å². The Morgan fingerprint density at radius 3 is 2.89 bits per heavy atom. The third-order valence-electron chi connectivity index (χ3n) is 2.77. The predicted molar refractivity (Wildman–Crippen MR) is 74.3 cm³/mol. The van der Waals surface area contributed by atoms with Gasteiger partial charge in [0.05, 0.1) is 5.75 Å². The van der Waals surface area contributed by atoms with Gasteiger partial charge in [-0.15, -0.1) is 6.42 Å². The number of sulfone groups is 1. The molecule has 0 saturated carbocycles. The second-order valence-corrected chi connectivity index (χ2v) is 6.18. The first-order valence-corrected chi connectivity index (χ1v) is 7.61. The lowest BCUT2D eigenvalue weighted by Crippen LogP contribution is -2.29. The molecule has 0 amide bonds. The summed E-state index contributed by atoms with van der Waals surface area (Å²) in [5.41, 5.74) is 0.954. The Kier molecular flexibility index (Phi) is 4.25. The summed E-state index contributed by atoms with van der Waals surface area (Å²) in [5.74, 6) is 3.25. The van der Waals surface area contributed by atoms with Crippen LogP contribution in [0.15, 0.2) is 35.7 Å². The van der Waals surface area contributed by atoms with E-state index in [1.54, 1.807) is 6.08 Å². The van der Waals surface area contributed by atoms with E-state index in [0.29, 0.717) is 6.54 Å². The molecule has 0 aromatic heterocycles. The molecule has 1 atom stereocenters. The van der Waals surface area contributed by atoms with Crippen molar-refractivity contribution in [1.29, 1.82) is 0 Å². The van der Waals surface area contributed by atoms with E-state index in [9.17, 15) is 8.42 Å². The summed E-state index contributed by atoms with van der Waals surface area (Å²) in [5, 5.41) is 4.43. The van der Waals surface area contributed by atoms with Crippen LogP contribution in [0.25, 0.3) is 0 Å². The standard InChI is InChI=1S/C14H15NO3S/c1-2-8-18-14-6-4-3-5-12(14)10-15-13-7-9-19(16,17)11-13/h1,3-7,9,13,15H,8,10-11H2. The molecular weight excluding hydrogens is 262 g/mol. The van der Waals surface area contributed by atoms with Crippen LogP contribution in [0.1, 0.15) is 5.56 Å². The molecule has 1 aliphatic heterocycles. The molecule has 0 bridgehead atoms. The third kappa shape index (κ3) is 3.85. The lowest BCUT2D eigenvalue weighted by Gasteiger charge is -2.13. The van der Waals surface area contributed by atoms with Crippen LogP contribution in [0.2, 0.25) is 0 Å². The highest BCUT2D eigenvalue weighted by Gasteiger charge is 2.21. The highest BCUT2D eigenvalue weighted by Crippen LogP contribution is 2.18. The van der Waals surface area contributed by atoms with Crippen molar-refractivity contribution in [2.24, 2.45) is 0 Å². The molecule has 0 spiro atoms. The molecule has 1 aromatic carbocycles. The Labute approximate surface area is 113 Å². The molecule has 0 aliphatic carbocycles. The number of hydrogen-bond donors (Lipinski definition) is 1. The Morgan fingerprint density at radius 2 is 2.21 bits per heavy atom. The summed E-state index contributed by atoms with van der Waals surface area (Å²) in [6.07, 6.45) is 6.83. The van der Waals surface area contributed by atoms with Gasteiger partial charge < -0.3 is 10.1 Å². The van der Waals surface area contributed by atoms with Gasteiger partial charge in [0.25, 0.3) is 0 Å². The van der Waals surface area contributed by atoms with Crippen LogP contribution in [-0.2, 0) is 16.4 Å². The first kappa shape index (κ1) is 13.7. The van der Waals surface area contributed by atoms with Gasteiger partial charge in [-0.3, -0.25) is 0 Å². The number of terminal acetylenes is 1. The van der Waals surface area contributed by atoms with E-state index in [4.69, 9.17) is 11.2 Å². The fourth-order valence-corrected chi connectivity index (χ4v) is 3.12. The van der Waals surface area contributed by atoms with E-state index in [-0.39, 0.29) is 18.4 Å². The van der Waals surface area contributed by atoms with Gasteiger partial charge in [-0.25, -0.2) is 8.42 Å². The molecule has 4 nitrogen and oxygen atoms in total. The summed E-state index contributed by atoms with van der Waals surface area (Å²) < 4.78 is 28.0. The Bertz CT molecular complexity index is 614. The molecule has 0 radical (unpaired) electrons. The van der Waals surface area contributed by atoms with Gasteiger partial charge in [0.1, 0.15) is 12.4 Å². The highest BCUT2D eigenvalue weighted by molar-refractivity contribution is 7.94. The zero-order chi connectivity index (χ0) is 13.7. The van der Waals surface area contributed by atoms with Crippen LogP contribution < -0.4 is 10.1 Å². The number of hydrogen-bond acceptors (Lipinski definition) is 4. The van der Waals surface area contributed by atoms with E-state index in [2.05, 4.69) is 11.2 Å². The van der Waals surface area contributed by atoms with Crippen molar-refractivity contribution < 1.29 is 13.2 Å². The molecule has 0 fully saturated rings. The quantitative estimate of drug-likeness (QED) is 0.819. The zero-order valence-electron chi connectivity index (χ0n) is 10.4. The van der Waals surface area contributed by atoms with Gasteiger partial charge in [0, 0.05) is 23.6 Å².